The minimum Gasteiger partial charge on any atom is -0.337 e. The molecule has 1 amide bonds. The van der Waals surface area contributed by atoms with E-state index in [1.54, 1.807) is 0 Å². The number of hydrogen-bond acceptors (Lipinski definition) is 1. The van der Waals surface area contributed by atoms with Gasteiger partial charge in [0.05, 0.1) is 0 Å². The van der Waals surface area contributed by atoms with Gasteiger partial charge in [0.2, 0.25) is 5.91 Å². The molecule has 0 N–H and O–H groups in total. The lowest BCUT2D eigenvalue weighted by atomic mass is 9.94. The number of nitrogens with zero attached hydrogens (tertiary/aromatic N) is 1. The summed E-state index contributed by atoms with van der Waals surface area (Å²) in [5.41, 5.74) is 0. The number of piperidine rings is 1. The number of carbonyl (C=O) groups is 1. The molecule has 2 rings (SSSR count). The predicted octanol–water partition coefficient (Wildman–Crippen LogP) is 1.80. The van der Waals surface area contributed by atoms with E-state index in [0.717, 1.165) is 6.42 Å². The number of rotatable bonds is 0. The van der Waals surface area contributed by atoms with Crippen molar-refractivity contribution in [2.24, 2.45) is 5.92 Å². The highest BCUT2D eigenvalue weighted by Gasteiger charge is 2.39. The van der Waals surface area contributed by atoms with Crippen LogP contribution in [0, 0.1) is 5.92 Å². The first-order valence-electron chi connectivity index (χ1n) is 5.02. The van der Waals surface area contributed by atoms with Crippen LogP contribution in [-0.4, -0.2) is 22.9 Å². The van der Waals surface area contributed by atoms with Gasteiger partial charge in [-0.1, -0.05) is 6.92 Å². The van der Waals surface area contributed by atoms with Crippen molar-refractivity contribution in [3.05, 3.63) is 0 Å². The van der Waals surface area contributed by atoms with Crippen LogP contribution in [0.1, 0.15) is 39.5 Å². The van der Waals surface area contributed by atoms with Crippen molar-refractivity contribution in [2.75, 3.05) is 0 Å². The van der Waals surface area contributed by atoms with Crippen LogP contribution in [0.2, 0.25) is 0 Å². The number of fused-ring (bicyclic) bond motifs is 1. The molecule has 2 fully saturated rings. The molecule has 0 saturated carbocycles. The van der Waals surface area contributed by atoms with Crippen molar-refractivity contribution in [1.82, 2.24) is 4.90 Å². The third-order valence-electron chi connectivity index (χ3n) is 3.39. The second kappa shape index (κ2) is 2.75. The standard InChI is InChI=1S/C10H17NO/c1-7-3-5-9-6-4-8(2)11(9)10(7)12/h7-9H,3-6H2,1-2H3. The number of amides is 1. The second-order valence-electron chi connectivity index (χ2n) is 4.30. The minimum atomic E-state index is 0.279. The topological polar surface area (TPSA) is 20.3 Å². The van der Waals surface area contributed by atoms with E-state index in [4.69, 9.17) is 0 Å². The molecule has 0 radical (unpaired) electrons. The molecule has 2 saturated heterocycles. The van der Waals surface area contributed by atoms with Crippen LogP contribution in [0.15, 0.2) is 0 Å². The van der Waals surface area contributed by atoms with Gasteiger partial charge in [-0.15, -0.1) is 0 Å². The molecule has 0 aliphatic carbocycles. The van der Waals surface area contributed by atoms with Crippen LogP contribution >= 0.6 is 0 Å². The van der Waals surface area contributed by atoms with Crippen molar-refractivity contribution in [2.45, 2.75) is 51.6 Å². The second-order valence-corrected chi connectivity index (χ2v) is 4.30. The van der Waals surface area contributed by atoms with Crippen LogP contribution in [0.4, 0.5) is 0 Å². The fourth-order valence-electron chi connectivity index (χ4n) is 2.57. The zero-order valence-corrected chi connectivity index (χ0v) is 7.92. The van der Waals surface area contributed by atoms with Gasteiger partial charge in [-0.2, -0.15) is 0 Å². The molecule has 0 spiro atoms. The van der Waals surface area contributed by atoms with E-state index < -0.39 is 0 Å². The van der Waals surface area contributed by atoms with Gasteiger partial charge in [-0.3, -0.25) is 4.79 Å². The molecular formula is C10H17NO. The molecule has 2 nitrogen and oxygen atoms in total. The molecule has 0 aromatic carbocycles. The maximum atomic E-state index is 11.7. The molecule has 0 aromatic heterocycles. The molecule has 12 heavy (non-hydrogen) atoms. The van der Waals surface area contributed by atoms with Crippen LogP contribution in [0.5, 0.6) is 0 Å². The highest BCUT2D eigenvalue weighted by molar-refractivity contribution is 5.80. The minimum absolute atomic E-state index is 0.279. The zero-order chi connectivity index (χ0) is 8.72. The third kappa shape index (κ3) is 1.05. The molecule has 2 aliphatic heterocycles. The van der Waals surface area contributed by atoms with Gasteiger partial charge in [0.25, 0.3) is 0 Å². The van der Waals surface area contributed by atoms with Crippen LogP contribution in [-0.2, 0) is 4.79 Å². The molecule has 2 heteroatoms. The monoisotopic (exact) mass is 167 g/mol. The molecule has 0 bridgehead atoms. The van der Waals surface area contributed by atoms with Gasteiger partial charge in [-0.25, -0.2) is 0 Å². The molecular weight excluding hydrogens is 150 g/mol. The van der Waals surface area contributed by atoms with Crippen LogP contribution in [0.25, 0.3) is 0 Å². The first kappa shape index (κ1) is 8.09. The average Bonchev–Trinajstić information content (AvgIpc) is 2.41. The van der Waals surface area contributed by atoms with Crippen molar-refractivity contribution in [3.8, 4) is 0 Å². The summed E-state index contributed by atoms with van der Waals surface area (Å²) < 4.78 is 0. The maximum Gasteiger partial charge on any atom is 0.225 e. The Bertz CT molecular complexity index is 202. The molecule has 2 heterocycles. The lowest BCUT2D eigenvalue weighted by Crippen LogP contribution is -2.46. The molecule has 2 aliphatic rings. The summed E-state index contributed by atoms with van der Waals surface area (Å²) in [5.74, 6) is 0.679. The van der Waals surface area contributed by atoms with Gasteiger partial charge in [0.1, 0.15) is 0 Å². The van der Waals surface area contributed by atoms with Gasteiger partial charge in [0.15, 0.2) is 0 Å². The zero-order valence-electron chi connectivity index (χ0n) is 7.92. The van der Waals surface area contributed by atoms with Crippen molar-refractivity contribution in [1.29, 1.82) is 0 Å². The van der Waals surface area contributed by atoms with Crippen molar-refractivity contribution < 1.29 is 4.79 Å². The van der Waals surface area contributed by atoms with E-state index in [9.17, 15) is 4.79 Å². The predicted molar refractivity (Wildman–Crippen MR) is 47.7 cm³/mol. The normalized spacial score (nSPS) is 41.7. The van der Waals surface area contributed by atoms with Gasteiger partial charge in [0, 0.05) is 18.0 Å². The maximum absolute atomic E-state index is 11.7. The highest BCUT2D eigenvalue weighted by atomic mass is 16.2. The van der Waals surface area contributed by atoms with E-state index in [2.05, 4.69) is 18.7 Å². The quantitative estimate of drug-likeness (QED) is 0.538. The van der Waals surface area contributed by atoms with Crippen LogP contribution < -0.4 is 0 Å². The summed E-state index contributed by atoms with van der Waals surface area (Å²) in [7, 11) is 0. The van der Waals surface area contributed by atoms with Crippen molar-refractivity contribution >= 4 is 5.91 Å². The lowest BCUT2D eigenvalue weighted by Gasteiger charge is -2.35. The van der Waals surface area contributed by atoms with Gasteiger partial charge < -0.3 is 4.90 Å². The Hall–Kier alpha value is -0.530. The first-order chi connectivity index (χ1) is 5.70. The Balaban J connectivity index is 2.17. The Labute approximate surface area is 73.9 Å². The summed E-state index contributed by atoms with van der Waals surface area (Å²) >= 11 is 0. The number of carbonyl (C=O) groups excluding carboxylic acids is 1. The SMILES string of the molecule is CC1CCC2CCC(C)N2C1=O. The summed E-state index contributed by atoms with van der Waals surface area (Å²) in [6, 6.07) is 1.09. The summed E-state index contributed by atoms with van der Waals surface area (Å²) in [5, 5.41) is 0. The van der Waals surface area contributed by atoms with Gasteiger partial charge >= 0.3 is 0 Å². The molecule has 3 unspecified atom stereocenters. The molecule has 3 atom stereocenters. The summed E-state index contributed by atoms with van der Waals surface area (Å²) in [4.78, 5) is 13.9. The smallest absolute Gasteiger partial charge is 0.225 e. The Morgan fingerprint density at radius 1 is 1.17 bits per heavy atom. The summed E-state index contributed by atoms with van der Waals surface area (Å²) in [6.45, 7) is 4.24. The lowest BCUT2D eigenvalue weighted by molar-refractivity contribution is -0.141. The van der Waals surface area contributed by atoms with E-state index in [1.807, 2.05) is 0 Å². The molecule has 0 aromatic rings. The Morgan fingerprint density at radius 2 is 1.83 bits per heavy atom. The average molecular weight is 167 g/mol. The van der Waals surface area contributed by atoms with E-state index >= 15 is 0 Å². The fourth-order valence-corrected chi connectivity index (χ4v) is 2.57. The third-order valence-corrected chi connectivity index (χ3v) is 3.39. The van der Waals surface area contributed by atoms with E-state index in [0.29, 0.717) is 18.0 Å². The van der Waals surface area contributed by atoms with E-state index in [1.165, 1.54) is 19.3 Å². The largest absolute Gasteiger partial charge is 0.337 e. The highest BCUT2D eigenvalue weighted by Crippen LogP contribution is 2.34. The fraction of sp³-hybridized carbons (Fsp3) is 0.900. The van der Waals surface area contributed by atoms with E-state index in [-0.39, 0.29) is 5.92 Å². The van der Waals surface area contributed by atoms with Crippen molar-refractivity contribution in [3.63, 3.8) is 0 Å². The first-order valence-corrected chi connectivity index (χ1v) is 5.02. The Kier molecular flexibility index (Phi) is 1.85. The van der Waals surface area contributed by atoms with Crippen LogP contribution in [0.3, 0.4) is 0 Å². The number of hydrogen-bond donors (Lipinski definition) is 0. The Morgan fingerprint density at radius 3 is 2.58 bits per heavy atom. The van der Waals surface area contributed by atoms with Gasteiger partial charge in [-0.05, 0) is 32.6 Å². The summed E-state index contributed by atoms with van der Waals surface area (Å²) in [6.07, 6.45) is 4.78. The molecule has 68 valence electrons.